The van der Waals surface area contributed by atoms with E-state index in [1.54, 1.807) is 22.1 Å². The van der Waals surface area contributed by atoms with Gasteiger partial charge in [0.2, 0.25) is 0 Å². The zero-order chi connectivity index (χ0) is 19.8. The second-order valence-electron chi connectivity index (χ2n) is 6.97. The van der Waals surface area contributed by atoms with Crippen molar-refractivity contribution in [3.63, 3.8) is 0 Å². The van der Waals surface area contributed by atoms with Crippen LogP contribution < -0.4 is 10.7 Å². The fraction of sp³-hybridized carbons (Fsp3) is 0.444. The quantitative estimate of drug-likeness (QED) is 0.833. The van der Waals surface area contributed by atoms with E-state index in [1.165, 1.54) is 12.1 Å². The van der Waals surface area contributed by atoms with E-state index in [-0.39, 0.29) is 24.0 Å². The third kappa shape index (κ3) is 4.08. The lowest BCUT2D eigenvalue weighted by Crippen LogP contribution is -2.48. The number of alkyl halides is 3. The second kappa shape index (κ2) is 7.22. The van der Waals surface area contributed by atoms with Crippen molar-refractivity contribution in [3.05, 3.63) is 48.0 Å². The van der Waals surface area contributed by atoms with E-state index in [1.807, 2.05) is 20.8 Å². The molecule has 1 aromatic carbocycles. The molecule has 9 heteroatoms. The first-order chi connectivity index (χ1) is 12.7. The number of carbonyl (C=O) groups is 1. The number of nitrogens with zero attached hydrogens (tertiary/aromatic N) is 3. The number of imidazole rings is 1. The fourth-order valence-electron chi connectivity index (χ4n) is 3.01. The second-order valence-corrected chi connectivity index (χ2v) is 6.97. The molecule has 0 radical (unpaired) electrons. The number of halogens is 3. The van der Waals surface area contributed by atoms with Crippen molar-refractivity contribution in [2.24, 2.45) is 5.92 Å². The molecule has 0 spiro atoms. The van der Waals surface area contributed by atoms with Gasteiger partial charge in [-0.15, -0.1) is 0 Å². The standard InChI is InChI=1S/C18H22F3N5O/c1-11(2)16-8-22-17(27)26(16)24-12(3)15-9-25(10-23-15)14-6-4-13(5-7-14)18(19,20)21/h4-7,9-12,16,24H,8H2,1-3H3,(H,22,27)/t12-,16+/m0/s1. The molecule has 2 heterocycles. The van der Waals surface area contributed by atoms with Crippen LogP contribution in [0.4, 0.5) is 18.0 Å². The Morgan fingerprint density at radius 3 is 2.48 bits per heavy atom. The van der Waals surface area contributed by atoms with Crippen LogP contribution in [0.2, 0.25) is 0 Å². The van der Waals surface area contributed by atoms with Crippen molar-refractivity contribution in [1.82, 2.24) is 25.3 Å². The predicted octanol–water partition coefficient (Wildman–Crippen LogP) is 3.51. The molecular weight excluding hydrogens is 359 g/mol. The molecule has 0 bridgehead atoms. The van der Waals surface area contributed by atoms with Gasteiger partial charge in [0.15, 0.2) is 0 Å². The summed E-state index contributed by atoms with van der Waals surface area (Å²) in [5, 5.41) is 4.40. The van der Waals surface area contributed by atoms with Crippen LogP contribution in [0.1, 0.15) is 38.1 Å². The summed E-state index contributed by atoms with van der Waals surface area (Å²) in [7, 11) is 0. The van der Waals surface area contributed by atoms with Crippen molar-refractivity contribution in [2.45, 2.75) is 39.0 Å². The first-order valence-electron chi connectivity index (χ1n) is 8.71. The Kier molecular flexibility index (Phi) is 5.14. The topological polar surface area (TPSA) is 62.2 Å². The lowest BCUT2D eigenvalue weighted by molar-refractivity contribution is -0.137. The molecule has 1 aliphatic rings. The smallest absolute Gasteiger partial charge is 0.335 e. The molecule has 2 amide bonds. The highest BCUT2D eigenvalue weighted by Gasteiger charge is 2.34. The van der Waals surface area contributed by atoms with Gasteiger partial charge in [0.05, 0.1) is 29.7 Å². The van der Waals surface area contributed by atoms with Crippen molar-refractivity contribution in [2.75, 3.05) is 6.54 Å². The van der Waals surface area contributed by atoms with E-state index < -0.39 is 11.7 Å². The Morgan fingerprint density at radius 2 is 1.89 bits per heavy atom. The molecule has 0 aliphatic carbocycles. The van der Waals surface area contributed by atoms with Gasteiger partial charge in [-0.3, -0.25) is 5.01 Å². The van der Waals surface area contributed by atoms with Gasteiger partial charge in [-0.1, -0.05) is 13.8 Å². The van der Waals surface area contributed by atoms with Crippen LogP contribution >= 0.6 is 0 Å². The summed E-state index contributed by atoms with van der Waals surface area (Å²) in [5.41, 5.74) is 3.73. The van der Waals surface area contributed by atoms with Crippen molar-refractivity contribution in [1.29, 1.82) is 0 Å². The molecule has 2 N–H and O–H groups in total. The van der Waals surface area contributed by atoms with Gasteiger partial charge in [0, 0.05) is 18.4 Å². The average molecular weight is 381 g/mol. The Labute approximate surface area is 155 Å². The predicted molar refractivity (Wildman–Crippen MR) is 94.0 cm³/mol. The van der Waals surface area contributed by atoms with Gasteiger partial charge < -0.3 is 9.88 Å². The molecule has 27 heavy (non-hydrogen) atoms. The zero-order valence-corrected chi connectivity index (χ0v) is 15.3. The van der Waals surface area contributed by atoms with Gasteiger partial charge in [0.25, 0.3) is 0 Å². The number of hydrogen-bond donors (Lipinski definition) is 2. The molecule has 1 aromatic heterocycles. The maximum absolute atomic E-state index is 12.7. The first-order valence-corrected chi connectivity index (χ1v) is 8.71. The van der Waals surface area contributed by atoms with E-state index in [2.05, 4.69) is 15.7 Å². The molecular formula is C18H22F3N5O. The van der Waals surface area contributed by atoms with E-state index in [4.69, 9.17) is 0 Å². The van der Waals surface area contributed by atoms with E-state index in [0.29, 0.717) is 17.9 Å². The van der Waals surface area contributed by atoms with Gasteiger partial charge in [-0.25, -0.2) is 15.2 Å². The fourth-order valence-corrected chi connectivity index (χ4v) is 3.01. The summed E-state index contributed by atoms with van der Waals surface area (Å²) in [6.45, 7) is 6.55. The van der Waals surface area contributed by atoms with Gasteiger partial charge in [-0.05, 0) is 37.1 Å². The highest BCUT2D eigenvalue weighted by atomic mass is 19.4. The monoisotopic (exact) mass is 381 g/mol. The molecule has 1 saturated heterocycles. The largest absolute Gasteiger partial charge is 0.416 e. The zero-order valence-electron chi connectivity index (χ0n) is 15.3. The van der Waals surface area contributed by atoms with Crippen molar-refractivity contribution in [3.8, 4) is 5.69 Å². The van der Waals surface area contributed by atoms with Gasteiger partial charge >= 0.3 is 12.2 Å². The summed E-state index contributed by atoms with van der Waals surface area (Å²) in [6, 6.07) is 4.49. The molecule has 1 aliphatic heterocycles. The summed E-state index contributed by atoms with van der Waals surface area (Å²) in [6.07, 6.45) is -1.08. The van der Waals surface area contributed by atoms with Crippen LogP contribution in [0, 0.1) is 5.92 Å². The normalized spacial score (nSPS) is 18.9. The lowest BCUT2D eigenvalue weighted by Gasteiger charge is -2.29. The number of urea groups is 1. The number of nitrogens with one attached hydrogen (secondary N) is 2. The maximum atomic E-state index is 12.7. The maximum Gasteiger partial charge on any atom is 0.416 e. The summed E-state index contributed by atoms with van der Waals surface area (Å²) < 4.78 is 39.7. The van der Waals surface area contributed by atoms with E-state index in [0.717, 1.165) is 12.1 Å². The van der Waals surface area contributed by atoms with Crippen LogP contribution in [0.25, 0.3) is 5.69 Å². The number of benzene rings is 1. The third-order valence-corrected chi connectivity index (χ3v) is 4.65. The number of carbonyl (C=O) groups excluding carboxylic acids is 1. The number of aromatic nitrogens is 2. The van der Waals surface area contributed by atoms with Crippen LogP contribution in [0.15, 0.2) is 36.8 Å². The van der Waals surface area contributed by atoms with E-state index >= 15 is 0 Å². The molecule has 3 rings (SSSR count). The summed E-state index contributed by atoms with van der Waals surface area (Å²) >= 11 is 0. The number of amides is 2. The highest BCUT2D eigenvalue weighted by Crippen LogP contribution is 2.29. The summed E-state index contributed by atoms with van der Waals surface area (Å²) in [5.74, 6) is 0.286. The van der Waals surface area contributed by atoms with Crippen molar-refractivity contribution < 1.29 is 18.0 Å². The Morgan fingerprint density at radius 1 is 1.22 bits per heavy atom. The number of hydrogen-bond acceptors (Lipinski definition) is 3. The Bertz CT molecular complexity index is 800. The summed E-state index contributed by atoms with van der Waals surface area (Å²) in [4.78, 5) is 16.4. The van der Waals surface area contributed by atoms with Crippen molar-refractivity contribution >= 4 is 6.03 Å². The molecule has 146 valence electrons. The van der Waals surface area contributed by atoms with Crippen LogP contribution in [-0.2, 0) is 6.18 Å². The Hall–Kier alpha value is -2.55. The molecule has 1 fully saturated rings. The minimum absolute atomic E-state index is 0.0388. The minimum atomic E-state index is -4.36. The van der Waals surface area contributed by atoms with Crippen LogP contribution in [-0.4, -0.2) is 33.2 Å². The molecule has 0 unspecified atom stereocenters. The van der Waals surface area contributed by atoms with Gasteiger partial charge in [-0.2, -0.15) is 13.2 Å². The first kappa shape index (κ1) is 19.2. The number of rotatable bonds is 5. The third-order valence-electron chi connectivity index (χ3n) is 4.65. The molecule has 2 atom stereocenters. The van der Waals surface area contributed by atoms with Gasteiger partial charge in [0.1, 0.15) is 0 Å². The lowest BCUT2D eigenvalue weighted by atomic mass is 10.1. The molecule has 0 saturated carbocycles. The Balaban J connectivity index is 1.72. The van der Waals surface area contributed by atoms with E-state index in [9.17, 15) is 18.0 Å². The molecule has 6 nitrogen and oxygen atoms in total. The van der Waals surface area contributed by atoms with Crippen LogP contribution in [0.3, 0.4) is 0 Å². The SMILES string of the molecule is CC(C)[C@H]1CNC(=O)N1N[C@@H](C)c1cn(-c2ccc(C(F)(F)F)cc2)cn1. The van der Waals surface area contributed by atoms with Crippen LogP contribution in [0.5, 0.6) is 0 Å². The minimum Gasteiger partial charge on any atom is -0.335 e. The number of hydrazine groups is 1. The highest BCUT2D eigenvalue weighted by molar-refractivity contribution is 5.76. The average Bonchev–Trinajstić information content (AvgIpc) is 3.22. The molecule has 2 aromatic rings.